The zero-order valence-corrected chi connectivity index (χ0v) is 22.9. The van der Waals surface area contributed by atoms with E-state index in [9.17, 15) is 4.79 Å². The van der Waals surface area contributed by atoms with Crippen LogP contribution in [0.5, 0.6) is 0 Å². The van der Waals surface area contributed by atoms with Crippen molar-refractivity contribution in [1.29, 1.82) is 0 Å². The van der Waals surface area contributed by atoms with Crippen molar-refractivity contribution >= 4 is 6.09 Å². The molecule has 0 radical (unpaired) electrons. The molecule has 0 unspecified atom stereocenters. The van der Waals surface area contributed by atoms with Crippen LogP contribution in [0, 0.1) is 5.92 Å². The molecule has 1 saturated heterocycles. The highest BCUT2D eigenvalue weighted by Crippen LogP contribution is 2.39. The Morgan fingerprint density at radius 2 is 1.68 bits per heavy atom. The Bertz CT molecular complexity index is 1230. The van der Waals surface area contributed by atoms with Crippen LogP contribution in [0.4, 0.5) is 4.79 Å². The average Bonchev–Trinajstić information content (AvgIpc) is 3.57. The monoisotopic (exact) mass is 513 g/mol. The number of allylic oxidation sites excluding steroid dienone is 1. The van der Waals surface area contributed by atoms with Crippen LogP contribution in [0.3, 0.4) is 0 Å². The summed E-state index contributed by atoms with van der Waals surface area (Å²) < 4.78 is 11.3. The molecule has 2 heterocycles. The summed E-state index contributed by atoms with van der Waals surface area (Å²) in [4.78, 5) is 19.5. The fourth-order valence-electron chi connectivity index (χ4n) is 5.81. The van der Waals surface area contributed by atoms with Gasteiger partial charge >= 0.3 is 6.09 Å². The van der Waals surface area contributed by atoms with Crippen LogP contribution in [-0.4, -0.2) is 33.3 Å². The van der Waals surface area contributed by atoms with Gasteiger partial charge in [-0.3, -0.25) is 0 Å². The Kier molecular flexibility index (Phi) is 7.68. The molecular weight excluding hydrogens is 474 g/mol. The maximum absolute atomic E-state index is 13.0. The van der Waals surface area contributed by atoms with Crippen molar-refractivity contribution in [3.63, 3.8) is 0 Å². The van der Waals surface area contributed by atoms with Crippen LogP contribution in [0.15, 0.2) is 65.7 Å². The van der Waals surface area contributed by atoms with Crippen molar-refractivity contribution in [2.24, 2.45) is 5.92 Å². The third kappa shape index (κ3) is 6.01. The molecule has 5 rings (SSSR count). The topological polar surface area (TPSA) is 68.5 Å². The van der Waals surface area contributed by atoms with E-state index in [1.165, 1.54) is 37.7 Å². The van der Waals surface area contributed by atoms with Crippen LogP contribution in [0.25, 0.3) is 22.8 Å². The summed E-state index contributed by atoms with van der Waals surface area (Å²) in [5.74, 6) is 2.13. The lowest BCUT2D eigenvalue weighted by Gasteiger charge is -2.29. The quantitative estimate of drug-likeness (QED) is 0.310. The Morgan fingerprint density at radius 1 is 1.03 bits per heavy atom. The highest BCUT2D eigenvalue weighted by atomic mass is 16.6. The molecular formula is C32H39N3O3. The number of carbonyl (C=O) groups is 1. The first-order valence-corrected chi connectivity index (χ1v) is 14.0. The second-order valence-corrected chi connectivity index (χ2v) is 11.8. The van der Waals surface area contributed by atoms with E-state index in [-0.39, 0.29) is 12.1 Å². The highest BCUT2D eigenvalue weighted by Gasteiger charge is 2.37. The number of ether oxygens (including phenoxy) is 1. The summed E-state index contributed by atoms with van der Waals surface area (Å²) in [5.41, 5.74) is 3.77. The molecule has 0 spiro atoms. The van der Waals surface area contributed by atoms with Crippen LogP contribution >= 0.6 is 0 Å². The second kappa shape index (κ2) is 11.1. The normalized spacial score (nSPS) is 20.4. The molecule has 2 aromatic carbocycles. The average molecular weight is 514 g/mol. The van der Waals surface area contributed by atoms with Gasteiger partial charge in [-0.1, -0.05) is 66.9 Å². The van der Waals surface area contributed by atoms with Crippen LogP contribution < -0.4 is 0 Å². The molecule has 200 valence electrons. The van der Waals surface area contributed by atoms with E-state index < -0.39 is 5.60 Å². The van der Waals surface area contributed by atoms with Gasteiger partial charge in [-0.15, -0.1) is 6.58 Å². The zero-order valence-electron chi connectivity index (χ0n) is 22.9. The number of amides is 1. The van der Waals surface area contributed by atoms with Gasteiger partial charge in [0, 0.05) is 17.7 Å². The fourth-order valence-corrected chi connectivity index (χ4v) is 5.81. The lowest BCUT2D eigenvalue weighted by Crippen LogP contribution is -2.36. The Balaban J connectivity index is 1.30. The first-order chi connectivity index (χ1) is 18.3. The van der Waals surface area contributed by atoms with Crippen molar-refractivity contribution in [1.82, 2.24) is 15.0 Å². The molecule has 0 N–H and O–H groups in total. The van der Waals surface area contributed by atoms with Crippen LogP contribution in [-0.2, 0) is 4.74 Å². The van der Waals surface area contributed by atoms with Gasteiger partial charge in [0.1, 0.15) is 5.60 Å². The zero-order chi connectivity index (χ0) is 26.7. The summed E-state index contributed by atoms with van der Waals surface area (Å²) in [6, 6.07) is 16.7. The minimum Gasteiger partial charge on any atom is -0.444 e. The molecule has 1 aromatic heterocycles. The Labute approximate surface area is 226 Å². The molecule has 1 amide bonds. The van der Waals surface area contributed by atoms with Gasteiger partial charge in [0.15, 0.2) is 0 Å². The van der Waals surface area contributed by atoms with E-state index in [0.29, 0.717) is 30.1 Å². The van der Waals surface area contributed by atoms with E-state index >= 15 is 0 Å². The minimum absolute atomic E-state index is 0.0349. The molecule has 1 aliphatic heterocycles. The Morgan fingerprint density at radius 3 is 2.34 bits per heavy atom. The summed E-state index contributed by atoms with van der Waals surface area (Å²) in [5, 5.41) is 4.24. The van der Waals surface area contributed by atoms with Gasteiger partial charge < -0.3 is 14.2 Å². The largest absolute Gasteiger partial charge is 0.444 e. The third-order valence-corrected chi connectivity index (χ3v) is 7.73. The standard InChI is InChI=1S/C32H39N3O3/c1-5-9-22-20-28(35(21-22)31(36)37-32(2,3)4)25-14-16-26(17-15-25)29-33-30(38-34-29)27-18-12-24(13-19-27)23-10-7-6-8-11-23/h5,12-19,22-23,28H,1,6-11,20-21H2,2-4H3/t22-,28+/m0/s1. The lowest BCUT2D eigenvalue weighted by atomic mass is 9.84. The third-order valence-electron chi connectivity index (χ3n) is 7.73. The van der Waals surface area contributed by atoms with E-state index in [4.69, 9.17) is 9.26 Å². The van der Waals surface area contributed by atoms with Gasteiger partial charge in [0.05, 0.1) is 6.04 Å². The number of carbonyl (C=O) groups excluding carboxylic acids is 1. The van der Waals surface area contributed by atoms with Gasteiger partial charge in [-0.25, -0.2) is 4.79 Å². The predicted octanol–water partition coefficient (Wildman–Crippen LogP) is 8.33. The molecule has 38 heavy (non-hydrogen) atoms. The molecule has 6 heteroatoms. The predicted molar refractivity (Wildman–Crippen MR) is 150 cm³/mol. The maximum atomic E-state index is 13.0. The van der Waals surface area contributed by atoms with Gasteiger partial charge in [-0.05, 0) is 81.5 Å². The minimum atomic E-state index is -0.533. The molecule has 2 atom stereocenters. The molecule has 1 aliphatic carbocycles. The smallest absolute Gasteiger partial charge is 0.410 e. The lowest BCUT2D eigenvalue weighted by molar-refractivity contribution is 0.0219. The number of hydrogen-bond donors (Lipinski definition) is 0. The van der Waals surface area contributed by atoms with E-state index in [1.807, 2.05) is 43.9 Å². The summed E-state index contributed by atoms with van der Waals surface area (Å²) >= 11 is 0. The summed E-state index contributed by atoms with van der Waals surface area (Å²) in [6.07, 6.45) is 10.0. The van der Waals surface area contributed by atoms with Crippen molar-refractivity contribution < 1.29 is 14.1 Å². The van der Waals surface area contributed by atoms with E-state index in [0.717, 1.165) is 29.5 Å². The van der Waals surface area contributed by atoms with E-state index in [1.54, 1.807) is 0 Å². The van der Waals surface area contributed by atoms with Gasteiger partial charge in [0.2, 0.25) is 5.82 Å². The Hall–Kier alpha value is -3.41. The molecule has 2 fully saturated rings. The first kappa shape index (κ1) is 26.2. The number of rotatable bonds is 6. The number of nitrogens with zero attached hydrogens (tertiary/aromatic N) is 3. The number of benzene rings is 2. The van der Waals surface area contributed by atoms with Crippen molar-refractivity contribution in [3.8, 4) is 22.8 Å². The van der Waals surface area contributed by atoms with Gasteiger partial charge in [-0.2, -0.15) is 4.98 Å². The van der Waals surface area contributed by atoms with Crippen molar-refractivity contribution in [3.05, 3.63) is 72.3 Å². The van der Waals surface area contributed by atoms with Crippen LogP contribution in [0.2, 0.25) is 0 Å². The molecule has 6 nitrogen and oxygen atoms in total. The molecule has 0 bridgehead atoms. The number of aromatic nitrogens is 2. The second-order valence-electron chi connectivity index (χ2n) is 11.8. The molecule has 2 aliphatic rings. The summed E-state index contributed by atoms with van der Waals surface area (Å²) in [7, 11) is 0. The van der Waals surface area contributed by atoms with E-state index in [2.05, 4.69) is 53.1 Å². The SMILES string of the molecule is C=CC[C@H]1C[C@H](c2ccc(-c3noc(-c4ccc(C5CCCCC5)cc4)n3)cc2)N(C(=O)OC(C)(C)C)C1. The summed E-state index contributed by atoms with van der Waals surface area (Å²) in [6.45, 7) is 10.3. The van der Waals surface area contributed by atoms with Crippen LogP contribution in [0.1, 0.15) is 88.8 Å². The fraction of sp³-hybridized carbons (Fsp3) is 0.469. The van der Waals surface area contributed by atoms with Crippen molar-refractivity contribution in [2.75, 3.05) is 6.54 Å². The molecule has 3 aromatic rings. The molecule has 1 saturated carbocycles. The first-order valence-electron chi connectivity index (χ1n) is 14.0. The van der Waals surface area contributed by atoms with Gasteiger partial charge in [0.25, 0.3) is 5.89 Å². The number of hydrogen-bond acceptors (Lipinski definition) is 5. The highest BCUT2D eigenvalue weighted by molar-refractivity contribution is 5.69. The number of likely N-dealkylation sites (tertiary alicyclic amines) is 1. The van der Waals surface area contributed by atoms with Crippen molar-refractivity contribution in [2.45, 2.75) is 83.3 Å². The maximum Gasteiger partial charge on any atom is 0.410 e.